The van der Waals surface area contributed by atoms with E-state index in [0.717, 1.165) is 5.56 Å². The number of rotatable bonds is 2. The molecule has 0 saturated carbocycles. The molecule has 1 aliphatic rings. The average Bonchev–Trinajstić information content (AvgIpc) is 2.52. The molecule has 1 aliphatic heterocycles. The van der Waals surface area contributed by atoms with Crippen LogP contribution in [0.2, 0.25) is 5.02 Å². The van der Waals surface area contributed by atoms with E-state index in [0.29, 0.717) is 18.5 Å². The van der Waals surface area contributed by atoms with Crippen LogP contribution < -0.4 is 5.14 Å². The number of carbonyl (C=O) groups excluding carboxylic acids is 1. The molecular formula is C16H14ClFN2O3S. The number of hydrogen-bond donors (Lipinski definition) is 1. The summed E-state index contributed by atoms with van der Waals surface area (Å²) in [6.45, 7) is 0.563. The fraction of sp³-hybridized carbons (Fsp3) is 0.188. The highest BCUT2D eigenvalue weighted by atomic mass is 35.5. The summed E-state index contributed by atoms with van der Waals surface area (Å²) in [6, 6.07) is 8.64. The highest BCUT2D eigenvalue weighted by Gasteiger charge is 2.26. The largest absolute Gasteiger partial charge is 0.334 e. The number of nitrogens with zero attached hydrogens (tertiary/aromatic N) is 1. The van der Waals surface area contributed by atoms with Crippen LogP contribution in [0.5, 0.6) is 0 Å². The van der Waals surface area contributed by atoms with Crippen LogP contribution >= 0.6 is 11.6 Å². The van der Waals surface area contributed by atoms with Crippen molar-refractivity contribution in [3.8, 4) is 0 Å². The molecule has 2 N–H and O–H groups in total. The molecule has 1 heterocycles. The van der Waals surface area contributed by atoms with Crippen molar-refractivity contribution in [1.82, 2.24) is 4.90 Å². The summed E-state index contributed by atoms with van der Waals surface area (Å²) in [7, 11) is -3.82. The zero-order valence-electron chi connectivity index (χ0n) is 12.5. The Labute approximate surface area is 143 Å². The predicted octanol–water partition coefficient (Wildman–Crippen LogP) is 2.33. The Morgan fingerprint density at radius 1 is 1.21 bits per heavy atom. The summed E-state index contributed by atoms with van der Waals surface area (Å²) in [4.78, 5) is 14.0. The van der Waals surface area contributed by atoms with Gasteiger partial charge in [-0.2, -0.15) is 0 Å². The van der Waals surface area contributed by atoms with E-state index in [2.05, 4.69) is 0 Å². The van der Waals surface area contributed by atoms with Crippen molar-refractivity contribution in [1.29, 1.82) is 0 Å². The van der Waals surface area contributed by atoms with Gasteiger partial charge in [0.15, 0.2) is 0 Å². The lowest BCUT2D eigenvalue weighted by Gasteiger charge is -2.29. The molecular weight excluding hydrogens is 355 g/mol. The molecule has 0 bridgehead atoms. The lowest BCUT2D eigenvalue weighted by molar-refractivity contribution is 0.0730. The molecule has 0 aliphatic carbocycles. The normalized spacial score (nSPS) is 14.4. The van der Waals surface area contributed by atoms with Crippen molar-refractivity contribution in [3.05, 3.63) is 63.9 Å². The van der Waals surface area contributed by atoms with Crippen molar-refractivity contribution in [2.75, 3.05) is 6.54 Å². The smallest absolute Gasteiger partial charge is 0.258 e. The van der Waals surface area contributed by atoms with Gasteiger partial charge in [0.25, 0.3) is 5.91 Å². The maximum absolute atomic E-state index is 13.9. The summed E-state index contributed by atoms with van der Waals surface area (Å²) in [5.41, 5.74) is 1.44. The Morgan fingerprint density at radius 2 is 1.96 bits per heavy atom. The Kier molecular flexibility index (Phi) is 4.33. The Morgan fingerprint density at radius 3 is 2.62 bits per heavy atom. The van der Waals surface area contributed by atoms with Crippen molar-refractivity contribution >= 4 is 27.5 Å². The van der Waals surface area contributed by atoms with E-state index in [1.807, 2.05) is 0 Å². The third-order valence-corrected chi connectivity index (χ3v) is 5.21. The van der Waals surface area contributed by atoms with Crippen molar-refractivity contribution in [2.24, 2.45) is 5.14 Å². The zero-order chi connectivity index (χ0) is 17.5. The van der Waals surface area contributed by atoms with E-state index < -0.39 is 21.7 Å². The molecule has 1 amide bonds. The molecule has 5 nitrogen and oxygen atoms in total. The minimum absolute atomic E-state index is 0.0144. The molecule has 0 fully saturated rings. The van der Waals surface area contributed by atoms with Gasteiger partial charge in [-0.25, -0.2) is 17.9 Å². The molecule has 0 aromatic heterocycles. The summed E-state index contributed by atoms with van der Waals surface area (Å²) >= 11 is 5.95. The number of hydrogen-bond acceptors (Lipinski definition) is 3. The third-order valence-electron chi connectivity index (χ3n) is 3.98. The number of halogens is 2. The van der Waals surface area contributed by atoms with E-state index in [4.69, 9.17) is 16.7 Å². The molecule has 0 radical (unpaired) electrons. The molecule has 126 valence electrons. The lowest BCUT2D eigenvalue weighted by atomic mass is 9.99. The number of benzene rings is 2. The Hall–Kier alpha value is -1.96. The van der Waals surface area contributed by atoms with Crippen LogP contribution in [-0.2, 0) is 23.0 Å². The Bertz CT molecular complexity index is 911. The van der Waals surface area contributed by atoms with Gasteiger partial charge in [0, 0.05) is 13.1 Å². The molecule has 8 heteroatoms. The van der Waals surface area contributed by atoms with Crippen LogP contribution in [0.4, 0.5) is 4.39 Å². The number of fused-ring (bicyclic) bond motifs is 1. The van der Waals surface area contributed by atoms with Gasteiger partial charge >= 0.3 is 0 Å². The fourth-order valence-corrected chi connectivity index (χ4v) is 3.55. The van der Waals surface area contributed by atoms with E-state index in [9.17, 15) is 17.6 Å². The van der Waals surface area contributed by atoms with Gasteiger partial charge < -0.3 is 4.90 Å². The van der Waals surface area contributed by atoms with Crippen LogP contribution in [0, 0.1) is 5.82 Å². The summed E-state index contributed by atoms with van der Waals surface area (Å²) < 4.78 is 36.9. The van der Waals surface area contributed by atoms with Gasteiger partial charge in [-0.1, -0.05) is 23.7 Å². The van der Waals surface area contributed by atoms with Gasteiger partial charge in [0.05, 0.1) is 15.5 Å². The van der Waals surface area contributed by atoms with Crippen LogP contribution in [0.1, 0.15) is 21.5 Å². The van der Waals surface area contributed by atoms with E-state index in [-0.39, 0.29) is 22.0 Å². The minimum atomic E-state index is -3.82. The number of amides is 1. The molecule has 0 spiro atoms. The number of carbonyl (C=O) groups is 1. The SMILES string of the molecule is NS(=O)(=O)c1ccc2c(c1)CN(C(=O)c1c(F)cccc1Cl)CC2. The number of nitrogens with two attached hydrogens (primary N) is 1. The van der Waals surface area contributed by atoms with Gasteiger partial charge in [-0.3, -0.25) is 4.79 Å². The molecule has 0 unspecified atom stereocenters. The second-order valence-electron chi connectivity index (χ2n) is 5.55. The maximum Gasteiger partial charge on any atom is 0.258 e. The van der Waals surface area contributed by atoms with Crippen molar-refractivity contribution in [3.63, 3.8) is 0 Å². The van der Waals surface area contributed by atoms with Crippen LogP contribution in [0.25, 0.3) is 0 Å². The predicted molar refractivity (Wildman–Crippen MR) is 87.7 cm³/mol. The second kappa shape index (κ2) is 6.16. The lowest BCUT2D eigenvalue weighted by Crippen LogP contribution is -2.36. The van der Waals surface area contributed by atoms with Gasteiger partial charge in [0.1, 0.15) is 5.82 Å². The highest BCUT2D eigenvalue weighted by Crippen LogP contribution is 2.26. The molecule has 0 atom stereocenters. The molecule has 2 aromatic carbocycles. The summed E-state index contributed by atoms with van der Waals surface area (Å²) in [6.07, 6.45) is 0.540. The number of primary sulfonamides is 1. The van der Waals surface area contributed by atoms with Gasteiger partial charge in [0.2, 0.25) is 10.0 Å². The van der Waals surface area contributed by atoms with E-state index in [1.54, 1.807) is 6.07 Å². The molecule has 2 aromatic rings. The van der Waals surface area contributed by atoms with E-state index in [1.165, 1.54) is 35.2 Å². The molecule has 3 rings (SSSR count). The zero-order valence-corrected chi connectivity index (χ0v) is 14.1. The first-order chi connectivity index (χ1) is 11.3. The quantitative estimate of drug-likeness (QED) is 0.883. The first-order valence-electron chi connectivity index (χ1n) is 7.15. The standard InChI is InChI=1S/C16H14ClFN2O3S/c17-13-2-1-3-14(18)15(13)16(21)20-7-6-10-4-5-12(24(19,22)23)8-11(10)9-20/h1-5,8H,6-7,9H2,(H2,19,22,23). The van der Waals surface area contributed by atoms with Gasteiger partial charge in [-0.15, -0.1) is 0 Å². The summed E-state index contributed by atoms with van der Waals surface area (Å²) in [5, 5.41) is 5.19. The maximum atomic E-state index is 13.9. The first kappa shape index (κ1) is 16.9. The first-order valence-corrected chi connectivity index (χ1v) is 9.07. The number of sulfonamides is 1. The highest BCUT2D eigenvalue weighted by molar-refractivity contribution is 7.89. The van der Waals surface area contributed by atoms with Crippen LogP contribution in [0.15, 0.2) is 41.3 Å². The van der Waals surface area contributed by atoms with Crippen molar-refractivity contribution < 1.29 is 17.6 Å². The second-order valence-corrected chi connectivity index (χ2v) is 7.52. The van der Waals surface area contributed by atoms with E-state index >= 15 is 0 Å². The monoisotopic (exact) mass is 368 g/mol. The Balaban J connectivity index is 1.93. The fourth-order valence-electron chi connectivity index (χ4n) is 2.74. The van der Waals surface area contributed by atoms with Crippen LogP contribution in [-0.4, -0.2) is 25.8 Å². The molecule has 0 saturated heterocycles. The average molecular weight is 369 g/mol. The van der Waals surface area contributed by atoms with Crippen molar-refractivity contribution in [2.45, 2.75) is 17.9 Å². The topological polar surface area (TPSA) is 80.5 Å². The molecule has 24 heavy (non-hydrogen) atoms. The minimum Gasteiger partial charge on any atom is -0.334 e. The third kappa shape index (κ3) is 3.15. The summed E-state index contributed by atoms with van der Waals surface area (Å²) in [5.74, 6) is -1.21. The van der Waals surface area contributed by atoms with Gasteiger partial charge in [-0.05, 0) is 41.8 Å². The van der Waals surface area contributed by atoms with Crippen LogP contribution in [0.3, 0.4) is 0 Å².